The Morgan fingerprint density at radius 1 is 1.08 bits per heavy atom. The molecule has 3 rings (SSSR count). The molecular weight excluding hydrogens is 305 g/mol. The minimum atomic E-state index is -0.492. The summed E-state index contributed by atoms with van der Waals surface area (Å²) in [5, 5.41) is 2.53. The molecule has 1 aliphatic carbocycles. The predicted octanol–water partition coefficient (Wildman–Crippen LogP) is 2.72. The van der Waals surface area contributed by atoms with Gasteiger partial charge in [-0.3, -0.25) is 0 Å². The lowest BCUT2D eigenvalue weighted by atomic mass is 9.72. The number of nitrogens with one attached hydrogen (secondary N) is 1. The molecule has 0 aromatic heterocycles. The maximum Gasteiger partial charge on any atom is 0.494 e. The zero-order valence-corrected chi connectivity index (χ0v) is 15.1. The second-order valence-corrected chi connectivity index (χ2v) is 7.70. The van der Waals surface area contributed by atoms with E-state index >= 15 is 0 Å². The SMILES string of the molecule is CNC(=O)OC1(c2ccc(B3OC(C)(C)C(C)(C)O3)cc2)CCC1. The first-order chi connectivity index (χ1) is 11.2. The highest BCUT2D eigenvalue weighted by atomic mass is 16.7. The van der Waals surface area contributed by atoms with Gasteiger partial charge in [0.15, 0.2) is 0 Å². The third-order valence-corrected chi connectivity index (χ3v) is 5.62. The molecule has 1 saturated carbocycles. The normalized spacial score (nSPS) is 23.5. The summed E-state index contributed by atoms with van der Waals surface area (Å²) < 4.78 is 17.8. The lowest BCUT2D eigenvalue weighted by Crippen LogP contribution is -2.42. The molecule has 0 unspecified atom stereocenters. The second-order valence-electron chi connectivity index (χ2n) is 7.70. The van der Waals surface area contributed by atoms with Gasteiger partial charge < -0.3 is 19.4 Å². The first kappa shape index (κ1) is 17.3. The maximum atomic E-state index is 11.6. The number of benzene rings is 1. The quantitative estimate of drug-likeness (QED) is 0.866. The fourth-order valence-electron chi connectivity index (χ4n) is 3.10. The molecule has 1 aromatic rings. The number of hydrogen-bond donors (Lipinski definition) is 1. The number of carbonyl (C=O) groups excluding carboxylic acids is 1. The monoisotopic (exact) mass is 331 g/mol. The van der Waals surface area contributed by atoms with E-state index in [-0.39, 0.29) is 24.4 Å². The van der Waals surface area contributed by atoms with Crippen LogP contribution in [-0.2, 0) is 19.6 Å². The molecule has 1 amide bonds. The maximum absolute atomic E-state index is 11.6. The summed E-state index contributed by atoms with van der Waals surface area (Å²) in [5.74, 6) is 0. The largest absolute Gasteiger partial charge is 0.494 e. The lowest BCUT2D eigenvalue weighted by Gasteiger charge is -2.41. The van der Waals surface area contributed by atoms with E-state index in [0.717, 1.165) is 30.3 Å². The van der Waals surface area contributed by atoms with E-state index in [1.54, 1.807) is 7.05 Å². The molecular formula is C18H26BNO4. The zero-order valence-electron chi connectivity index (χ0n) is 15.1. The molecule has 2 fully saturated rings. The van der Waals surface area contributed by atoms with Crippen LogP contribution in [0.3, 0.4) is 0 Å². The van der Waals surface area contributed by atoms with E-state index in [9.17, 15) is 4.79 Å². The summed E-state index contributed by atoms with van der Waals surface area (Å²) >= 11 is 0. The molecule has 0 radical (unpaired) electrons. The number of rotatable bonds is 3. The Labute approximate surface area is 144 Å². The van der Waals surface area contributed by atoms with E-state index in [0.29, 0.717) is 0 Å². The standard InChI is InChI=1S/C18H26BNO4/c1-16(2)17(3,4)24-19(23-16)14-9-7-13(8-10-14)18(11-6-12-18)22-15(21)20-5/h7-10H,6,11-12H2,1-5H3,(H,20,21). The van der Waals surface area contributed by atoms with Crippen molar-refractivity contribution in [1.82, 2.24) is 5.32 Å². The highest BCUT2D eigenvalue weighted by molar-refractivity contribution is 6.62. The van der Waals surface area contributed by atoms with Crippen LogP contribution >= 0.6 is 0 Å². The lowest BCUT2D eigenvalue weighted by molar-refractivity contribution is -0.0521. The number of carbonyl (C=O) groups is 1. The average molecular weight is 331 g/mol. The van der Waals surface area contributed by atoms with Crippen molar-refractivity contribution in [1.29, 1.82) is 0 Å². The van der Waals surface area contributed by atoms with Gasteiger partial charge in [-0.25, -0.2) is 4.79 Å². The molecule has 5 nitrogen and oxygen atoms in total. The first-order valence-corrected chi connectivity index (χ1v) is 8.56. The Morgan fingerprint density at radius 3 is 2.04 bits per heavy atom. The summed E-state index contributed by atoms with van der Waals surface area (Å²) in [4.78, 5) is 11.6. The van der Waals surface area contributed by atoms with E-state index in [4.69, 9.17) is 14.0 Å². The Morgan fingerprint density at radius 2 is 1.62 bits per heavy atom. The van der Waals surface area contributed by atoms with Gasteiger partial charge in [0, 0.05) is 7.05 Å². The van der Waals surface area contributed by atoms with Crippen LogP contribution in [0, 0.1) is 0 Å². The zero-order chi connectivity index (χ0) is 17.6. The van der Waals surface area contributed by atoms with Crippen molar-refractivity contribution in [2.75, 3.05) is 7.05 Å². The summed E-state index contributed by atoms with van der Waals surface area (Å²) in [6.07, 6.45) is 2.40. The second kappa shape index (κ2) is 5.78. The highest BCUT2D eigenvalue weighted by Gasteiger charge is 2.52. The van der Waals surface area contributed by atoms with Crippen LogP contribution in [0.2, 0.25) is 0 Å². The van der Waals surface area contributed by atoms with Crippen molar-refractivity contribution in [2.45, 2.75) is 63.8 Å². The van der Waals surface area contributed by atoms with Crippen LogP contribution in [0.5, 0.6) is 0 Å². The van der Waals surface area contributed by atoms with Crippen molar-refractivity contribution in [2.24, 2.45) is 0 Å². The fourth-order valence-corrected chi connectivity index (χ4v) is 3.10. The Bertz CT molecular complexity index is 606. The Kier molecular flexibility index (Phi) is 4.17. The van der Waals surface area contributed by atoms with E-state index in [1.807, 2.05) is 52.0 Å². The predicted molar refractivity (Wildman–Crippen MR) is 93.2 cm³/mol. The van der Waals surface area contributed by atoms with Gasteiger partial charge in [0.2, 0.25) is 0 Å². The van der Waals surface area contributed by atoms with Crippen LogP contribution in [0.25, 0.3) is 0 Å². The highest BCUT2D eigenvalue weighted by Crippen LogP contribution is 2.44. The van der Waals surface area contributed by atoms with Crippen molar-refractivity contribution >= 4 is 18.7 Å². The fraction of sp³-hybridized carbons (Fsp3) is 0.611. The average Bonchev–Trinajstić information content (AvgIpc) is 2.71. The summed E-state index contributed by atoms with van der Waals surface area (Å²) in [7, 11) is 1.21. The smallest absolute Gasteiger partial charge is 0.438 e. The molecule has 0 bridgehead atoms. The minimum absolute atomic E-state index is 0.353. The number of hydrogen-bond acceptors (Lipinski definition) is 4. The number of amides is 1. The van der Waals surface area contributed by atoms with Crippen molar-refractivity contribution in [3.05, 3.63) is 29.8 Å². The molecule has 130 valence electrons. The van der Waals surface area contributed by atoms with Crippen LogP contribution in [0.1, 0.15) is 52.5 Å². The van der Waals surface area contributed by atoms with E-state index in [2.05, 4.69) is 5.32 Å². The molecule has 0 atom stereocenters. The third kappa shape index (κ3) is 2.82. The molecule has 1 aromatic carbocycles. The summed E-state index contributed by atoms with van der Waals surface area (Å²) in [6.45, 7) is 8.17. The molecule has 24 heavy (non-hydrogen) atoms. The van der Waals surface area contributed by atoms with Gasteiger partial charge in [-0.1, -0.05) is 24.3 Å². The molecule has 2 aliphatic rings. The third-order valence-electron chi connectivity index (χ3n) is 5.62. The van der Waals surface area contributed by atoms with Crippen LogP contribution < -0.4 is 10.8 Å². The van der Waals surface area contributed by atoms with Crippen molar-refractivity contribution in [3.8, 4) is 0 Å². The van der Waals surface area contributed by atoms with Gasteiger partial charge in [0.05, 0.1) is 11.2 Å². The van der Waals surface area contributed by atoms with Gasteiger partial charge >= 0.3 is 13.2 Å². The molecule has 1 heterocycles. The van der Waals surface area contributed by atoms with Gasteiger partial charge in [-0.2, -0.15) is 0 Å². The Balaban J connectivity index is 1.78. The number of ether oxygens (including phenoxy) is 1. The van der Waals surface area contributed by atoms with Crippen molar-refractivity contribution in [3.63, 3.8) is 0 Å². The van der Waals surface area contributed by atoms with E-state index in [1.165, 1.54) is 0 Å². The molecule has 1 aliphatic heterocycles. The van der Waals surface area contributed by atoms with Crippen LogP contribution in [0.15, 0.2) is 24.3 Å². The summed E-state index contributed by atoms with van der Waals surface area (Å²) in [5.41, 5.74) is 0.806. The van der Waals surface area contributed by atoms with Gasteiger partial charge in [0.25, 0.3) is 0 Å². The molecule has 1 saturated heterocycles. The van der Waals surface area contributed by atoms with Crippen molar-refractivity contribution < 1.29 is 18.8 Å². The van der Waals surface area contributed by atoms with Crippen LogP contribution in [-0.4, -0.2) is 31.5 Å². The van der Waals surface area contributed by atoms with E-state index < -0.39 is 5.60 Å². The molecule has 0 spiro atoms. The molecule has 6 heteroatoms. The first-order valence-electron chi connectivity index (χ1n) is 8.56. The Hall–Kier alpha value is -1.53. The topological polar surface area (TPSA) is 56.8 Å². The van der Waals surface area contributed by atoms with Gasteiger partial charge in [-0.15, -0.1) is 0 Å². The minimum Gasteiger partial charge on any atom is -0.438 e. The molecule has 1 N–H and O–H groups in total. The van der Waals surface area contributed by atoms with Crippen LogP contribution in [0.4, 0.5) is 4.79 Å². The number of alkyl carbamates (subject to hydrolysis) is 1. The van der Waals surface area contributed by atoms with Gasteiger partial charge in [-0.05, 0) is 58.0 Å². The van der Waals surface area contributed by atoms with Gasteiger partial charge in [0.1, 0.15) is 5.60 Å². The summed E-state index contributed by atoms with van der Waals surface area (Å²) in [6, 6.07) is 8.04.